The molecular weight excluding hydrogens is 214 g/mol. The summed E-state index contributed by atoms with van der Waals surface area (Å²) in [6.07, 6.45) is 0. The Morgan fingerprint density at radius 1 is 1.38 bits per heavy atom. The van der Waals surface area contributed by atoms with Crippen LogP contribution in [0.5, 0.6) is 0 Å². The lowest BCUT2D eigenvalue weighted by molar-refractivity contribution is 0.564. The van der Waals surface area contributed by atoms with E-state index in [0.29, 0.717) is 0 Å². The van der Waals surface area contributed by atoms with E-state index < -0.39 is 21.8 Å². The highest BCUT2D eigenvalue weighted by Gasteiger charge is 2.06. The number of nitrogens with two attached hydrogens (primary N) is 1. The molecule has 0 aromatic heterocycles. The molecule has 0 saturated carbocycles. The van der Waals surface area contributed by atoms with Crippen molar-refractivity contribution >= 4 is 27.5 Å². The molecule has 0 radical (unpaired) electrons. The summed E-state index contributed by atoms with van der Waals surface area (Å²) in [5.41, 5.74) is 5.34. The van der Waals surface area contributed by atoms with Crippen LogP contribution in [0.15, 0.2) is 28.0 Å². The van der Waals surface area contributed by atoms with Crippen LogP contribution in [0.1, 0.15) is 0 Å². The van der Waals surface area contributed by atoms with E-state index in [-0.39, 0.29) is 15.5 Å². The Hall–Kier alpha value is -0.920. The lowest BCUT2D eigenvalue weighted by Crippen LogP contribution is -1.97. The van der Waals surface area contributed by atoms with Crippen molar-refractivity contribution in [2.24, 2.45) is 0 Å². The van der Waals surface area contributed by atoms with Gasteiger partial charge in [-0.1, -0.05) is 0 Å². The monoisotopic (exact) mass is 221 g/mol. The second kappa shape index (κ2) is 3.86. The second-order valence-corrected chi connectivity index (χ2v) is 4.20. The van der Waals surface area contributed by atoms with Gasteiger partial charge in [-0.3, -0.25) is 0 Å². The molecular formula is C6H7NO4S2. The summed E-state index contributed by atoms with van der Waals surface area (Å²) in [6, 6.07) is 3.59. The minimum absolute atomic E-state index is 0.00228. The lowest BCUT2D eigenvalue weighted by atomic mass is 10.3. The van der Waals surface area contributed by atoms with Crippen LogP contribution in [0.2, 0.25) is 0 Å². The smallest absolute Gasteiger partial charge is 0.188 e. The van der Waals surface area contributed by atoms with Gasteiger partial charge >= 0.3 is 0 Å². The summed E-state index contributed by atoms with van der Waals surface area (Å²) in [5, 5.41) is 0. The van der Waals surface area contributed by atoms with E-state index >= 15 is 0 Å². The Bertz CT molecular complexity index is 419. The van der Waals surface area contributed by atoms with E-state index in [1.54, 1.807) is 0 Å². The molecule has 0 amide bonds. The molecule has 0 spiro atoms. The summed E-state index contributed by atoms with van der Waals surface area (Å²) in [4.78, 5) is 0.0438. The fourth-order valence-corrected chi connectivity index (χ4v) is 1.69. The first-order valence-corrected chi connectivity index (χ1v) is 5.45. The van der Waals surface area contributed by atoms with Gasteiger partial charge in [0.05, 0.1) is 15.5 Å². The fraction of sp³-hybridized carbons (Fsp3) is 0. The third kappa shape index (κ3) is 2.27. The van der Waals surface area contributed by atoms with Gasteiger partial charge in [-0.2, -0.15) is 0 Å². The molecule has 1 aromatic carbocycles. The number of thiol groups is 1. The van der Waals surface area contributed by atoms with Crippen molar-refractivity contribution in [1.29, 1.82) is 0 Å². The summed E-state index contributed by atoms with van der Waals surface area (Å²) in [5.74, 6) is 0. The minimum Gasteiger partial charge on any atom is -0.398 e. The van der Waals surface area contributed by atoms with Crippen molar-refractivity contribution in [3.8, 4) is 0 Å². The van der Waals surface area contributed by atoms with Gasteiger partial charge in [0, 0.05) is 0 Å². The molecule has 0 aliphatic heterocycles. The Kier molecular flexibility index (Phi) is 3.02. The van der Waals surface area contributed by atoms with Gasteiger partial charge in [0.25, 0.3) is 0 Å². The minimum atomic E-state index is -2.70. The van der Waals surface area contributed by atoms with Crippen molar-refractivity contribution in [2.75, 3.05) is 5.73 Å². The maximum Gasteiger partial charge on any atom is 0.188 e. The average molecular weight is 221 g/mol. The molecule has 7 heteroatoms. The molecule has 0 bridgehead atoms. The van der Waals surface area contributed by atoms with Crippen molar-refractivity contribution in [2.45, 2.75) is 9.79 Å². The first-order valence-electron chi connectivity index (χ1n) is 3.17. The van der Waals surface area contributed by atoms with Gasteiger partial charge < -0.3 is 10.3 Å². The zero-order valence-electron chi connectivity index (χ0n) is 6.34. The third-order valence-corrected chi connectivity index (χ3v) is 2.84. The van der Waals surface area contributed by atoms with Crippen molar-refractivity contribution < 1.29 is 17.2 Å². The highest BCUT2D eigenvalue weighted by molar-refractivity contribution is 7.79. The summed E-state index contributed by atoms with van der Waals surface area (Å²) >= 11 is -2.18. The lowest BCUT2D eigenvalue weighted by Gasteiger charge is -2.00. The molecule has 5 nitrogen and oxygen atoms in total. The molecule has 3 N–H and O–H groups in total. The van der Waals surface area contributed by atoms with Crippen LogP contribution >= 0.6 is 0 Å². The zero-order chi connectivity index (χ0) is 10.0. The highest BCUT2D eigenvalue weighted by atomic mass is 32.2. The maximum atomic E-state index is 10.6. The molecule has 0 saturated heterocycles. The number of hydrogen-bond acceptors (Lipinski definition) is 4. The topological polar surface area (TPSA) is 97.5 Å². The molecule has 1 aromatic rings. The Labute approximate surface area is 78.8 Å². The van der Waals surface area contributed by atoms with Gasteiger partial charge in [0.15, 0.2) is 21.8 Å². The SMILES string of the molecule is Nc1cc([SH](=O)=O)ccc1S(=O)O. The van der Waals surface area contributed by atoms with Crippen LogP contribution in [0.3, 0.4) is 0 Å². The van der Waals surface area contributed by atoms with Crippen LogP contribution < -0.4 is 5.73 Å². The molecule has 1 rings (SSSR count). The number of hydrogen-bond donors (Lipinski definition) is 3. The Morgan fingerprint density at radius 2 is 2.00 bits per heavy atom. The standard InChI is InChI=1S/C6H7NO4S2/c7-5-3-4(12(8)9)1-2-6(5)13(10)11/h1-3,12H,7H2,(H,10,11). The Morgan fingerprint density at radius 3 is 2.38 bits per heavy atom. The predicted octanol–water partition coefficient (Wildman–Crippen LogP) is -0.180. The van der Waals surface area contributed by atoms with Crippen molar-refractivity contribution in [3.05, 3.63) is 18.2 Å². The fourth-order valence-electron chi connectivity index (χ4n) is 0.808. The van der Waals surface area contributed by atoms with E-state index in [9.17, 15) is 12.6 Å². The first kappa shape index (κ1) is 10.2. The van der Waals surface area contributed by atoms with E-state index in [1.165, 1.54) is 12.1 Å². The average Bonchev–Trinajstić information content (AvgIpc) is 2.03. The first-order chi connectivity index (χ1) is 6.02. The second-order valence-electron chi connectivity index (χ2n) is 2.23. The third-order valence-electron chi connectivity index (χ3n) is 1.39. The normalized spacial score (nSPS) is 13.1. The van der Waals surface area contributed by atoms with Crippen molar-refractivity contribution in [1.82, 2.24) is 0 Å². The van der Waals surface area contributed by atoms with Gasteiger partial charge in [0.2, 0.25) is 0 Å². The number of anilines is 1. The van der Waals surface area contributed by atoms with E-state index in [1.807, 2.05) is 0 Å². The predicted molar refractivity (Wildman–Crippen MR) is 48.5 cm³/mol. The van der Waals surface area contributed by atoms with Crippen LogP contribution in [0, 0.1) is 0 Å². The Balaban J connectivity index is 3.28. The van der Waals surface area contributed by atoms with Gasteiger partial charge in [-0.05, 0) is 18.2 Å². The highest BCUT2D eigenvalue weighted by Crippen LogP contribution is 2.17. The number of nitrogen functional groups attached to an aromatic ring is 1. The summed E-state index contributed by atoms with van der Waals surface area (Å²) in [6.45, 7) is 0. The molecule has 0 heterocycles. The molecule has 1 unspecified atom stereocenters. The molecule has 0 fully saturated rings. The van der Waals surface area contributed by atoms with E-state index in [0.717, 1.165) is 6.07 Å². The zero-order valence-corrected chi connectivity index (χ0v) is 8.05. The van der Waals surface area contributed by atoms with E-state index in [4.69, 9.17) is 10.3 Å². The molecule has 0 aliphatic rings. The molecule has 13 heavy (non-hydrogen) atoms. The largest absolute Gasteiger partial charge is 0.398 e. The van der Waals surface area contributed by atoms with Crippen molar-refractivity contribution in [3.63, 3.8) is 0 Å². The number of rotatable bonds is 2. The quantitative estimate of drug-likeness (QED) is 0.365. The molecule has 1 atom stereocenters. The van der Waals surface area contributed by atoms with Gasteiger partial charge in [0.1, 0.15) is 0 Å². The van der Waals surface area contributed by atoms with Gasteiger partial charge in [-0.25, -0.2) is 12.6 Å². The van der Waals surface area contributed by atoms with Crippen LogP contribution in [0.4, 0.5) is 5.69 Å². The molecule has 72 valence electrons. The van der Waals surface area contributed by atoms with Crippen LogP contribution in [-0.2, 0) is 21.8 Å². The number of benzene rings is 1. The van der Waals surface area contributed by atoms with Gasteiger partial charge in [-0.15, -0.1) is 0 Å². The van der Waals surface area contributed by atoms with E-state index in [2.05, 4.69) is 0 Å². The van der Waals surface area contributed by atoms with Crippen LogP contribution in [0.25, 0.3) is 0 Å². The van der Waals surface area contributed by atoms with Crippen LogP contribution in [-0.4, -0.2) is 17.2 Å². The summed E-state index contributed by atoms with van der Waals surface area (Å²) in [7, 11) is -2.70. The summed E-state index contributed by atoms with van der Waals surface area (Å²) < 4.78 is 40.2. The maximum absolute atomic E-state index is 10.6. The molecule has 0 aliphatic carbocycles.